The number of hydrogen-bond donors (Lipinski definition) is 4. The summed E-state index contributed by atoms with van der Waals surface area (Å²) in [4.78, 5) is 10.7. The molecule has 1 saturated heterocycles. The van der Waals surface area contributed by atoms with E-state index in [2.05, 4.69) is 0 Å². The Kier molecular flexibility index (Phi) is 43.3. The Morgan fingerprint density at radius 2 is 1.58 bits per heavy atom. The summed E-state index contributed by atoms with van der Waals surface area (Å²) >= 11 is 0. The van der Waals surface area contributed by atoms with Gasteiger partial charge in [0.15, 0.2) is 6.29 Å². The monoisotopic (exact) mass is 1200 g/mol. The zero-order valence-corrected chi connectivity index (χ0v) is 33.4. The topological polar surface area (TPSA) is 116 Å². The molecule has 0 aromatic heterocycles. The molecule has 0 amide bonds. The van der Waals surface area contributed by atoms with Crippen molar-refractivity contribution in [3.8, 4) is 0 Å². The Hall–Kier alpha value is 5.20. The number of rotatable bonds is 6. The van der Waals surface area contributed by atoms with E-state index in [0.717, 1.165) is 6.42 Å². The summed E-state index contributed by atoms with van der Waals surface area (Å²) in [6.45, 7) is 3.75. The molecule has 0 saturated carbocycles. The van der Waals surface area contributed by atoms with Crippen LogP contribution in [-0.4, -0.2) is 70.6 Å². The van der Waals surface area contributed by atoms with Crippen LogP contribution in [0, 0.1) is 176 Å². The SMILES string of the molecule is CC(=O)CCCCO[C@@H]1OC[C@@H](O)C(O)[C@@H]1O.CCO.[Ac].[Ac].[Ac].[Ac]. The fourth-order valence-corrected chi connectivity index (χ4v) is 1.60. The van der Waals surface area contributed by atoms with Crippen molar-refractivity contribution in [3.05, 3.63) is 0 Å². The summed E-state index contributed by atoms with van der Waals surface area (Å²) in [6, 6.07) is 0. The summed E-state index contributed by atoms with van der Waals surface area (Å²) in [5.41, 5.74) is 0. The van der Waals surface area contributed by atoms with Crippen LogP contribution in [-0.2, 0) is 14.3 Å². The fourth-order valence-electron chi connectivity index (χ4n) is 1.60. The summed E-state index contributed by atoms with van der Waals surface area (Å²) < 4.78 is 10.3. The minimum Gasteiger partial charge on any atom is -0.397 e. The fraction of sp³-hybridized carbons (Fsp3) is 0.923. The normalized spacial score (nSPS) is 24.6. The van der Waals surface area contributed by atoms with Crippen molar-refractivity contribution < 1.29 is 211 Å². The Balaban J connectivity index is -0.000000160. The van der Waals surface area contributed by atoms with Crippen LogP contribution in [0.5, 0.6) is 0 Å². The molecule has 1 aliphatic heterocycles. The smallest absolute Gasteiger partial charge is 0.186 e. The Labute approximate surface area is 287 Å². The van der Waals surface area contributed by atoms with Gasteiger partial charge in [-0.3, -0.25) is 0 Å². The molecule has 4 N–H and O–H groups in total. The maximum Gasteiger partial charge on any atom is 0.186 e. The van der Waals surface area contributed by atoms with Gasteiger partial charge in [0.2, 0.25) is 0 Å². The molecule has 1 fully saturated rings. The Bertz CT molecular complexity index is 275. The van der Waals surface area contributed by atoms with E-state index in [1.54, 1.807) is 6.92 Å². The Morgan fingerprint density at radius 3 is 2.04 bits per heavy atom. The van der Waals surface area contributed by atoms with Crippen molar-refractivity contribution in [1.29, 1.82) is 0 Å². The zero-order valence-electron chi connectivity index (χ0n) is 14.4. The van der Waals surface area contributed by atoms with Crippen LogP contribution in [0.1, 0.15) is 33.1 Å². The van der Waals surface area contributed by atoms with E-state index < -0.39 is 24.6 Å². The number of ketones is 1. The maximum absolute atomic E-state index is 10.7. The molecular formula is C13H26Ac4O7. The number of ether oxygens (including phenoxy) is 2. The van der Waals surface area contributed by atoms with E-state index in [-0.39, 0.29) is 195 Å². The van der Waals surface area contributed by atoms with E-state index >= 15 is 0 Å². The van der Waals surface area contributed by atoms with Gasteiger partial charge in [0, 0.05) is 196 Å². The standard InChI is InChI=1S/C11H20O6.C2H6O.4Ac/c1-7(12)4-2-3-5-16-11-10(15)9(14)8(13)6-17-11;1-2-3;;;;/h8-11,13-15H,2-6H2,1H3;3H,2H2,1H3;;;;/t8-,9?,10+,11-;;;;;/m1...../s1. The van der Waals surface area contributed by atoms with Crippen LogP contribution in [0.15, 0.2) is 0 Å². The first-order chi connectivity index (χ1) is 9.43. The molecule has 4 radical (unpaired) electrons. The molecule has 132 valence electrons. The molecule has 0 bridgehead atoms. The molecule has 0 aromatic rings. The second-order valence-electron chi connectivity index (χ2n) is 4.60. The molecule has 4 atom stereocenters. The predicted molar refractivity (Wildman–Crippen MR) is 71.0 cm³/mol. The van der Waals surface area contributed by atoms with Gasteiger partial charge < -0.3 is 34.7 Å². The molecule has 1 heterocycles. The summed E-state index contributed by atoms with van der Waals surface area (Å²) in [7, 11) is 0. The molecule has 0 aliphatic carbocycles. The number of carbonyl (C=O) groups is 1. The molecule has 1 rings (SSSR count). The minimum atomic E-state index is -1.24. The van der Waals surface area contributed by atoms with E-state index in [4.69, 9.17) is 14.6 Å². The van der Waals surface area contributed by atoms with Crippen LogP contribution in [0.25, 0.3) is 0 Å². The number of Topliss-reactive ketones (excluding diaryl/α,β-unsaturated/α-hetero) is 1. The first kappa shape index (κ1) is 39.6. The second kappa shape index (κ2) is 26.2. The van der Waals surface area contributed by atoms with Crippen molar-refractivity contribution in [2.45, 2.75) is 57.7 Å². The van der Waals surface area contributed by atoms with Crippen molar-refractivity contribution >= 4 is 5.78 Å². The van der Waals surface area contributed by atoms with E-state index in [9.17, 15) is 20.1 Å². The van der Waals surface area contributed by atoms with E-state index in [0.29, 0.717) is 19.4 Å². The first-order valence-corrected chi connectivity index (χ1v) is 6.81. The zero-order chi connectivity index (χ0) is 15.5. The third kappa shape index (κ3) is 20.5. The quantitative estimate of drug-likeness (QED) is 0.258. The number of aliphatic hydroxyl groups is 4. The van der Waals surface area contributed by atoms with Gasteiger partial charge in [-0.15, -0.1) is 0 Å². The number of unbranched alkanes of at least 4 members (excludes halogenated alkanes) is 1. The van der Waals surface area contributed by atoms with Gasteiger partial charge in [-0.25, -0.2) is 0 Å². The van der Waals surface area contributed by atoms with Crippen LogP contribution in [0.2, 0.25) is 0 Å². The average Bonchev–Trinajstić information content (AvgIpc) is 2.39. The number of carbonyl (C=O) groups excluding carboxylic acids is 1. The molecular weight excluding hydrogens is 1180 g/mol. The van der Waals surface area contributed by atoms with Gasteiger partial charge in [0.05, 0.1) is 6.61 Å². The van der Waals surface area contributed by atoms with Gasteiger partial charge in [-0.05, 0) is 26.7 Å². The molecule has 0 spiro atoms. The number of aliphatic hydroxyl groups excluding tert-OH is 4. The first-order valence-electron chi connectivity index (χ1n) is 6.81. The molecule has 7 nitrogen and oxygen atoms in total. The largest absolute Gasteiger partial charge is 0.397 e. The van der Waals surface area contributed by atoms with Gasteiger partial charge in [0.25, 0.3) is 0 Å². The molecule has 0 aromatic carbocycles. The van der Waals surface area contributed by atoms with Crippen LogP contribution >= 0.6 is 0 Å². The van der Waals surface area contributed by atoms with Gasteiger partial charge in [-0.2, -0.15) is 0 Å². The van der Waals surface area contributed by atoms with Gasteiger partial charge in [0.1, 0.15) is 24.1 Å². The third-order valence-corrected chi connectivity index (χ3v) is 2.66. The van der Waals surface area contributed by atoms with Crippen molar-refractivity contribution in [2.75, 3.05) is 19.8 Å². The van der Waals surface area contributed by atoms with Crippen LogP contribution in [0.3, 0.4) is 0 Å². The molecule has 11 heteroatoms. The van der Waals surface area contributed by atoms with Gasteiger partial charge in [-0.1, -0.05) is 0 Å². The van der Waals surface area contributed by atoms with Crippen molar-refractivity contribution in [2.24, 2.45) is 0 Å². The maximum atomic E-state index is 10.7. The van der Waals surface area contributed by atoms with Crippen LogP contribution < -0.4 is 0 Å². The van der Waals surface area contributed by atoms with Gasteiger partial charge >= 0.3 is 0 Å². The summed E-state index contributed by atoms with van der Waals surface area (Å²) in [6.07, 6.45) is -2.56. The van der Waals surface area contributed by atoms with Crippen molar-refractivity contribution in [3.63, 3.8) is 0 Å². The van der Waals surface area contributed by atoms with Crippen molar-refractivity contribution in [1.82, 2.24) is 0 Å². The third-order valence-electron chi connectivity index (χ3n) is 2.66. The summed E-state index contributed by atoms with van der Waals surface area (Å²) in [5, 5.41) is 35.7. The summed E-state index contributed by atoms with van der Waals surface area (Å²) in [5.74, 6) is 0.137. The van der Waals surface area contributed by atoms with E-state index in [1.165, 1.54) is 6.92 Å². The molecule has 1 aliphatic rings. The number of hydrogen-bond acceptors (Lipinski definition) is 7. The predicted octanol–water partition coefficient (Wildman–Crippen LogP) is -0.800. The van der Waals surface area contributed by atoms with E-state index in [1.807, 2.05) is 0 Å². The average molecular weight is 1200 g/mol. The molecule has 24 heavy (non-hydrogen) atoms. The molecule has 1 unspecified atom stereocenters. The second-order valence-corrected chi connectivity index (χ2v) is 4.60. The minimum absolute atomic E-state index is 0. The van der Waals surface area contributed by atoms with Crippen LogP contribution in [0.4, 0.5) is 0 Å². The Morgan fingerprint density at radius 1 is 1.08 bits per heavy atom.